The van der Waals surface area contributed by atoms with Crippen molar-refractivity contribution in [1.29, 1.82) is 0 Å². The van der Waals surface area contributed by atoms with Crippen LogP contribution in [0, 0.1) is 13.8 Å². The van der Waals surface area contributed by atoms with E-state index < -0.39 is 0 Å². The van der Waals surface area contributed by atoms with Gasteiger partial charge in [0.25, 0.3) is 0 Å². The second kappa shape index (κ2) is 5.06. The average Bonchev–Trinajstić information content (AvgIpc) is 2.56. The molecule has 1 aromatic rings. The molecule has 0 bridgehead atoms. The molecule has 0 atom stereocenters. The Hall–Kier alpha value is -0.485. The van der Waals surface area contributed by atoms with Crippen molar-refractivity contribution in [2.75, 3.05) is 0 Å². The molecule has 1 aromatic carbocycles. The first-order valence-corrected chi connectivity index (χ1v) is 7.43. The van der Waals surface area contributed by atoms with Crippen LogP contribution in [0.5, 0.6) is 0 Å². The molecule has 0 amide bonds. The van der Waals surface area contributed by atoms with Crippen molar-refractivity contribution in [2.24, 2.45) is 5.73 Å². The molecule has 0 aromatic heterocycles. The van der Waals surface area contributed by atoms with Crippen LogP contribution in [-0.2, 0) is 15.9 Å². The zero-order valence-corrected chi connectivity index (χ0v) is 14.1. The van der Waals surface area contributed by atoms with Gasteiger partial charge in [0, 0.05) is 11.4 Å². The number of hydrogen-bond donors (Lipinski definition) is 2. The summed E-state index contributed by atoms with van der Waals surface area (Å²) in [6, 6.07) is 2.09. The van der Waals surface area contributed by atoms with E-state index in [1.165, 1.54) is 0 Å². The Balaban J connectivity index is 2.48. The van der Waals surface area contributed by atoms with E-state index in [1.54, 1.807) is 0 Å². The number of hydrogen-bond acceptors (Lipinski definition) is 4. The lowest BCUT2D eigenvalue weighted by Gasteiger charge is -2.32. The second-order valence-electron chi connectivity index (χ2n) is 6.52. The van der Waals surface area contributed by atoms with E-state index in [4.69, 9.17) is 15.0 Å². The van der Waals surface area contributed by atoms with Gasteiger partial charge in [0.2, 0.25) is 0 Å². The molecule has 0 radical (unpaired) electrons. The van der Waals surface area contributed by atoms with Crippen LogP contribution in [0.25, 0.3) is 0 Å². The maximum atomic E-state index is 6.13. The van der Waals surface area contributed by atoms with E-state index in [2.05, 4.69) is 53.3 Å². The molecule has 110 valence electrons. The highest BCUT2D eigenvalue weighted by molar-refractivity contribution is 7.80. The van der Waals surface area contributed by atoms with Crippen LogP contribution in [0.3, 0.4) is 0 Å². The van der Waals surface area contributed by atoms with Gasteiger partial charge in [-0.05, 0) is 63.7 Å². The molecule has 2 rings (SSSR count). The summed E-state index contributed by atoms with van der Waals surface area (Å²) in [4.78, 5) is 0.970. The Morgan fingerprint density at radius 2 is 1.60 bits per heavy atom. The highest BCUT2D eigenvalue weighted by Gasteiger charge is 2.52. The van der Waals surface area contributed by atoms with Gasteiger partial charge in [-0.3, -0.25) is 0 Å². The highest BCUT2D eigenvalue weighted by Crippen LogP contribution is 2.37. The Kier molecular flexibility index (Phi) is 4.02. The molecule has 0 saturated carbocycles. The molecule has 0 spiro atoms. The van der Waals surface area contributed by atoms with E-state index in [1.807, 2.05) is 6.92 Å². The predicted molar refractivity (Wildman–Crippen MR) is 86.8 cm³/mol. The topological polar surface area (TPSA) is 44.5 Å². The molecular formula is C15H24BNO2S. The smallest absolute Gasteiger partial charge is 0.399 e. The van der Waals surface area contributed by atoms with Gasteiger partial charge in [-0.1, -0.05) is 6.07 Å². The Morgan fingerprint density at radius 3 is 2.05 bits per heavy atom. The van der Waals surface area contributed by atoms with E-state index >= 15 is 0 Å². The van der Waals surface area contributed by atoms with Crippen molar-refractivity contribution in [1.82, 2.24) is 0 Å². The number of rotatable bonds is 2. The zero-order chi connectivity index (χ0) is 15.3. The van der Waals surface area contributed by atoms with Crippen molar-refractivity contribution in [3.63, 3.8) is 0 Å². The maximum absolute atomic E-state index is 6.13. The minimum absolute atomic E-state index is 0.339. The van der Waals surface area contributed by atoms with Crippen molar-refractivity contribution in [2.45, 2.75) is 64.2 Å². The van der Waals surface area contributed by atoms with Crippen LogP contribution < -0.4 is 11.2 Å². The van der Waals surface area contributed by atoms with Gasteiger partial charge in [0.05, 0.1) is 11.2 Å². The van der Waals surface area contributed by atoms with Crippen LogP contribution in [0.2, 0.25) is 0 Å². The second-order valence-corrected chi connectivity index (χ2v) is 6.96. The van der Waals surface area contributed by atoms with Gasteiger partial charge in [-0.2, -0.15) is 0 Å². The number of benzene rings is 1. The average molecular weight is 293 g/mol. The standard InChI is InChI=1S/C15H24BNO2S/c1-9-11(8-17)7-12(10(2)13(9)20)16-18-14(3,4)15(5,6)19-16/h7,20H,8,17H2,1-6H3. The summed E-state index contributed by atoms with van der Waals surface area (Å²) in [7, 11) is -0.364. The Labute approximate surface area is 127 Å². The zero-order valence-electron chi connectivity index (χ0n) is 13.2. The largest absolute Gasteiger partial charge is 0.495 e. The lowest BCUT2D eigenvalue weighted by molar-refractivity contribution is 0.00578. The quantitative estimate of drug-likeness (QED) is 0.650. The third-order valence-corrected chi connectivity index (χ3v) is 5.35. The van der Waals surface area contributed by atoms with Gasteiger partial charge in [-0.25, -0.2) is 0 Å². The lowest BCUT2D eigenvalue weighted by atomic mass is 9.74. The minimum Gasteiger partial charge on any atom is -0.399 e. The Bertz CT molecular complexity index is 527. The summed E-state index contributed by atoms with van der Waals surface area (Å²) in [6.45, 7) is 12.8. The first kappa shape index (κ1) is 15.9. The van der Waals surface area contributed by atoms with Crippen LogP contribution in [0.1, 0.15) is 44.4 Å². The minimum atomic E-state index is -0.364. The van der Waals surface area contributed by atoms with Gasteiger partial charge in [-0.15, -0.1) is 12.6 Å². The monoisotopic (exact) mass is 293 g/mol. The van der Waals surface area contributed by atoms with Gasteiger partial charge >= 0.3 is 7.12 Å². The number of nitrogens with two attached hydrogens (primary N) is 1. The summed E-state index contributed by atoms with van der Waals surface area (Å²) >= 11 is 4.62. The highest BCUT2D eigenvalue weighted by atomic mass is 32.1. The van der Waals surface area contributed by atoms with Crippen LogP contribution in [0.4, 0.5) is 0 Å². The van der Waals surface area contributed by atoms with Crippen LogP contribution in [0.15, 0.2) is 11.0 Å². The molecule has 3 nitrogen and oxygen atoms in total. The van der Waals surface area contributed by atoms with E-state index in [9.17, 15) is 0 Å². The Morgan fingerprint density at radius 1 is 1.10 bits per heavy atom. The van der Waals surface area contributed by atoms with Crippen molar-refractivity contribution in [3.05, 3.63) is 22.8 Å². The van der Waals surface area contributed by atoms with Gasteiger partial charge in [0.15, 0.2) is 0 Å². The summed E-state index contributed by atoms with van der Waals surface area (Å²) in [5.41, 5.74) is 9.50. The fourth-order valence-corrected chi connectivity index (χ4v) is 2.67. The summed E-state index contributed by atoms with van der Waals surface area (Å²) < 4.78 is 12.3. The fraction of sp³-hybridized carbons (Fsp3) is 0.600. The van der Waals surface area contributed by atoms with Crippen molar-refractivity contribution < 1.29 is 9.31 Å². The molecular weight excluding hydrogens is 269 g/mol. The van der Waals surface area contributed by atoms with Crippen LogP contribution in [-0.4, -0.2) is 18.3 Å². The normalized spacial score (nSPS) is 20.5. The molecule has 20 heavy (non-hydrogen) atoms. The summed E-state index contributed by atoms with van der Waals surface area (Å²) in [6.07, 6.45) is 0. The molecule has 1 fully saturated rings. The fourth-order valence-electron chi connectivity index (χ4n) is 2.40. The van der Waals surface area contributed by atoms with Crippen LogP contribution >= 0.6 is 12.6 Å². The van der Waals surface area contributed by atoms with Crippen molar-refractivity contribution in [3.8, 4) is 0 Å². The number of thiol groups is 1. The first-order chi connectivity index (χ1) is 9.10. The third kappa shape index (κ3) is 2.41. The van der Waals surface area contributed by atoms with E-state index in [0.717, 1.165) is 27.0 Å². The van der Waals surface area contributed by atoms with E-state index in [0.29, 0.717) is 6.54 Å². The van der Waals surface area contributed by atoms with Gasteiger partial charge < -0.3 is 15.0 Å². The molecule has 1 aliphatic rings. The SMILES string of the molecule is Cc1c(CN)cc(B2OC(C)(C)C(C)(C)O2)c(C)c1S. The molecule has 2 N–H and O–H groups in total. The van der Waals surface area contributed by atoms with E-state index in [-0.39, 0.29) is 18.3 Å². The molecule has 0 unspecified atom stereocenters. The molecule has 1 heterocycles. The third-order valence-electron chi connectivity index (χ3n) is 4.68. The van der Waals surface area contributed by atoms with Gasteiger partial charge in [0.1, 0.15) is 0 Å². The molecule has 0 aliphatic carbocycles. The predicted octanol–water partition coefficient (Wildman–Crippen LogP) is 2.35. The summed E-state index contributed by atoms with van der Waals surface area (Å²) in [5.74, 6) is 0. The first-order valence-electron chi connectivity index (χ1n) is 6.98. The maximum Gasteiger partial charge on any atom is 0.495 e. The molecule has 1 aliphatic heterocycles. The molecule has 5 heteroatoms. The summed E-state index contributed by atoms with van der Waals surface area (Å²) in [5, 5.41) is 0. The van der Waals surface area contributed by atoms with Crippen molar-refractivity contribution >= 4 is 25.2 Å². The lowest BCUT2D eigenvalue weighted by Crippen LogP contribution is -2.41. The molecule has 1 saturated heterocycles.